The van der Waals surface area contributed by atoms with Crippen LogP contribution in [0.25, 0.3) is 0 Å². The molecule has 22 heavy (non-hydrogen) atoms. The molecule has 1 aromatic heterocycles. The first kappa shape index (κ1) is 16.5. The molecule has 2 heterocycles. The maximum absolute atomic E-state index is 11.5. The minimum atomic E-state index is -0.891. The summed E-state index contributed by atoms with van der Waals surface area (Å²) in [5.74, 6) is -0.113. The number of amides is 1. The second-order valence-electron chi connectivity index (χ2n) is 6.28. The van der Waals surface area contributed by atoms with Gasteiger partial charge in [-0.1, -0.05) is 19.0 Å². The molecule has 3 unspecified atom stereocenters. The minimum Gasteiger partial charge on any atom is -0.480 e. The fourth-order valence-electron chi connectivity index (χ4n) is 3.16. The largest absolute Gasteiger partial charge is 0.480 e. The normalized spacial score (nSPS) is 26.1. The average Bonchev–Trinajstić information content (AvgIpc) is 3.06. The number of carboxylic acids is 1. The van der Waals surface area contributed by atoms with Crippen molar-refractivity contribution in [2.45, 2.75) is 57.7 Å². The molecule has 0 radical (unpaired) electrons. The van der Waals surface area contributed by atoms with Crippen LogP contribution in [-0.2, 0) is 9.59 Å². The van der Waals surface area contributed by atoms with Gasteiger partial charge in [0.2, 0.25) is 5.91 Å². The van der Waals surface area contributed by atoms with Gasteiger partial charge in [-0.25, -0.2) is 0 Å². The lowest BCUT2D eigenvalue weighted by molar-refractivity contribution is -0.139. The van der Waals surface area contributed by atoms with Crippen molar-refractivity contribution in [1.82, 2.24) is 15.8 Å². The van der Waals surface area contributed by atoms with Gasteiger partial charge in [-0.3, -0.25) is 14.9 Å². The predicted molar refractivity (Wildman–Crippen MR) is 79.3 cm³/mol. The molecule has 1 fully saturated rings. The Balaban J connectivity index is 2.25. The van der Waals surface area contributed by atoms with Gasteiger partial charge in [0.25, 0.3) is 0 Å². The number of aliphatic carboxylic acids is 1. The minimum absolute atomic E-state index is 0.123. The highest BCUT2D eigenvalue weighted by atomic mass is 16.5. The van der Waals surface area contributed by atoms with E-state index < -0.39 is 12.0 Å². The number of hydrogen-bond acceptors (Lipinski definition) is 5. The Morgan fingerprint density at radius 1 is 1.55 bits per heavy atom. The van der Waals surface area contributed by atoms with Gasteiger partial charge < -0.3 is 14.9 Å². The van der Waals surface area contributed by atoms with Gasteiger partial charge in [0.15, 0.2) is 0 Å². The van der Waals surface area contributed by atoms with Crippen molar-refractivity contribution < 1.29 is 19.2 Å². The van der Waals surface area contributed by atoms with Crippen LogP contribution in [0.2, 0.25) is 0 Å². The van der Waals surface area contributed by atoms with E-state index in [-0.39, 0.29) is 23.9 Å². The molecule has 0 saturated carbocycles. The van der Waals surface area contributed by atoms with Crippen molar-refractivity contribution in [2.75, 3.05) is 0 Å². The van der Waals surface area contributed by atoms with Crippen molar-refractivity contribution in [3.05, 3.63) is 18.0 Å². The van der Waals surface area contributed by atoms with E-state index in [0.29, 0.717) is 18.1 Å². The Hall–Kier alpha value is -1.89. The maximum Gasteiger partial charge on any atom is 0.320 e. The van der Waals surface area contributed by atoms with E-state index >= 15 is 0 Å². The van der Waals surface area contributed by atoms with Crippen molar-refractivity contribution in [3.8, 4) is 0 Å². The molecule has 7 nitrogen and oxygen atoms in total. The Morgan fingerprint density at radius 2 is 2.27 bits per heavy atom. The molecular formula is C15H23N3O4. The van der Waals surface area contributed by atoms with E-state index in [1.165, 1.54) is 6.92 Å². The third-order valence-corrected chi connectivity index (χ3v) is 3.99. The molecule has 3 N–H and O–H groups in total. The van der Waals surface area contributed by atoms with Gasteiger partial charge in [0.1, 0.15) is 11.8 Å². The summed E-state index contributed by atoms with van der Waals surface area (Å²) >= 11 is 0. The Kier molecular flexibility index (Phi) is 5.18. The van der Waals surface area contributed by atoms with Crippen LogP contribution in [0.1, 0.15) is 45.3 Å². The summed E-state index contributed by atoms with van der Waals surface area (Å²) in [4.78, 5) is 22.8. The van der Waals surface area contributed by atoms with E-state index in [0.717, 1.165) is 6.42 Å². The lowest BCUT2D eigenvalue weighted by Gasteiger charge is -2.29. The van der Waals surface area contributed by atoms with Gasteiger partial charge in [-0.15, -0.1) is 0 Å². The van der Waals surface area contributed by atoms with Gasteiger partial charge in [-0.05, 0) is 18.8 Å². The van der Waals surface area contributed by atoms with E-state index in [4.69, 9.17) is 4.52 Å². The van der Waals surface area contributed by atoms with E-state index in [2.05, 4.69) is 29.6 Å². The molecule has 1 aliphatic rings. The Labute approximate surface area is 129 Å². The monoisotopic (exact) mass is 309 g/mol. The summed E-state index contributed by atoms with van der Waals surface area (Å²) in [5.41, 5.74) is 0. The molecule has 4 atom stereocenters. The second kappa shape index (κ2) is 6.91. The van der Waals surface area contributed by atoms with E-state index in [1.54, 1.807) is 12.3 Å². The zero-order chi connectivity index (χ0) is 16.3. The van der Waals surface area contributed by atoms with Gasteiger partial charge in [-0.2, -0.15) is 0 Å². The van der Waals surface area contributed by atoms with Crippen molar-refractivity contribution in [3.63, 3.8) is 0 Å². The Bertz CT molecular complexity index is 515. The number of hydrogen-bond donors (Lipinski definition) is 3. The first-order valence-corrected chi connectivity index (χ1v) is 7.55. The van der Waals surface area contributed by atoms with Crippen LogP contribution in [0.4, 0.5) is 0 Å². The fourth-order valence-corrected chi connectivity index (χ4v) is 3.16. The topological polar surface area (TPSA) is 104 Å². The number of carbonyl (C=O) groups is 2. The SMILES string of the molecule is CC(=O)NC(CC(C)C)C1N[C@H](C(=O)O)CC1c1ccno1. The smallest absolute Gasteiger partial charge is 0.320 e. The van der Waals surface area contributed by atoms with E-state index in [1.807, 2.05) is 0 Å². The summed E-state index contributed by atoms with van der Waals surface area (Å²) in [7, 11) is 0. The average molecular weight is 309 g/mol. The summed E-state index contributed by atoms with van der Waals surface area (Å²) in [6, 6.07) is 0.755. The number of carbonyl (C=O) groups excluding carboxylic acids is 1. The molecule has 0 aromatic carbocycles. The second-order valence-corrected chi connectivity index (χ2v) is 6.28. The summed E-state index contributed by atoms with van der Waals surface area (Å²) < 4.78 is 5.24. The molecule has 1 amide bonds. The van der Waals surface area contributed by atoms with Crippen LogP contribution in [0.15, 0.2) is 16.8 Å². The van der Waals surface area contributed by atoms with Crippen LogP contribution in [0.5, 0.6) is 0 Å². The molecular weight excluding hydrogens is 286 g/mol. The van der Waals surface area contributed by atoms with Crippen LogP contribution in [0, 0.1) is 5.92 Å². The van der Waals surface area contributed by atoms with Crippen molar-refractivity contribution >= 4 is 11.9 Å². The maximum atomic E-state index is 11.5. The van der Waals surface area contributed by atoms with E-state index in [9.17, 15) is 14.7 Å². The standard InChI is InChI=1S/C15H23N3O4/c1-8(2)6-11(17-9(3)19)14-10(13-4-5-16-22-13)7-12(18-14)15(20)21/h4-5,8,10-12,14,18H,6-7H2,1-3H3,(H,17,19)(H,20,21)/t10?,11?,12-,14?/m0/s1. The number of rotatable bonds is 6. The molecule has 0 spiro atoms. The highest BCUT2D eigenvalue weighted by Crippen LogP contribution is 2.34. The quantitative estimate of drug-likeness (QED) is 0.727. The first-order valence-electron chi connectivity index (χ1n) is 7.55. The molecule has 2 rings (SSSR count). The van der Waals surface area contributed by atoms with Crippen molar-refractivity contribution in [1.29, 1.82) is 0 Å². The molecule has 122 valence electrons. The molecule has 0 aliphatic carbocycles. The lowest BCUT2D eigenvalue weighted by Crippen LogP contribution is -2.51. The number of carboxylic acid groups (broad SMARTS) is 1. The first-order chi connectivity index (χ1) is 10.4. The van der Waals surface area contributed by atoms with Crippen LogP contribution in [0.3, 0.4) is 0 Å². The number of nitrogens with one attached hydrogen (secondary N) is 2. The summed E-state index contributed by atoms with van der Waals surface area (Å²) in [6.45, 7) is 5.62. The van der Waals surface area contributed by atoms with Gasteiger partial charge >= 0.3 is 5.97 Å². The molecule has 7 heteroatoms. The van der Waals surface area contributed by atoms with Gasteiger partial charge in [0.05, 0.1) is 6.20 Å². The number of nitrogens with zero attached hydrogens (tertiary/aromatic N) is 1. The van der Waals surface area contributed by atoms with Crippen LogP contribution >= 0.6 is 0 Å². The Morgan fingerprint density at radius 3 is 2.77 bits per heavy atom. The predicted octanol–water partition coefficient (Wildman–Crippen LogP) is 1.12. The molecule has 1 aromatic rings. The lowest BCUT2D eigenvalue weighted by atomic mass is 9.87. The zero-order valence-electron chi connectivity index (χ0n) is 13.1. The zero-order valence-corrected chi connectivity index (χ0v) is 13.1. The third kappa shape index (κ3) is 3.85. The number of aromatic nitrogens is 1. The van der Waals surface area contributed by atoms with Gasteiger partial charge in [0, 0.05) is 31.0 Å². The van der Waals surface area contributed by atoms with Crippen LogP contribution in [-0.4, -0.2) is 40.3 Å². The van der Waals surface area contributed by atoms with Crippen LogP contribution < -0.4 is 10.6 Å². The summed E-state index contributed by atoms with van der Waals surface area (Å²) in [5, 5.41) is 19.1. The van der Waals surface area contributed by atoms with Crippen molar-refractivity contribution in [2.24, 2.45) is 5.92 Å². The highest BCUT2D eigenvalue weighted by Gasteiger charge is 2.43. The summed E-state index contributed by atoms with van der Waals surface area (Å²) in [6.07, 6.45) is 2.73. The highest BCUT2D eigenvalue weighted by molar-refractivity contribution is 5.75. The molecule has 0 bridgehead atoms. The third-order valence-electron chi connectivity index (χ3n) is 3.99. The fraction of sp³-hybridized carbons (Fsp3) is 0.667. The molecule has 1 aliphatic heterocycles. The molecule has 1 saturated heterocycles.